The highest BCUT2D eigenvalue weighted by molar-refractivity contribution is 6.44. The highest BCUT2D eigenvalue weighted by Gasteiger charge is 2.17. The van der Waals surface area contributed by atoms with E-state index in [4.69, 9.17) is 58.0 Å². The number of aromatic nitrogens is 2. The highest BCUT2D eigenvalue weighted by atomic mass is 35.5. The molecule has 0 radical (unpaired) electrons. The number of rotatable bonds is 5. The van der Waals surface area contributed by atoms with Crippen molar-refractivity contribution in [2.75, 3.05) is 26.1 Å². The van der Waals surface area contributed by atoms with Crippen molar-refractivity contribution in [3.8, 4) is 0 Å². The summed E-state index contributed by atoms with van der Waals surface area (Å²) in [5.41, 5.74) is 0.423. The summed E-state index contributed by atoms with van der Waals surface area (Å²) in [6, 6.07) is 2.87. The summed E-state index contributed by atoms with van der Waals surface area (Å²) < 4.78 is 8.96. The van der Waals surface area contributed by atoms with E-state index in [-0.39, 0.29) is 36.8 Å². The van der Waals surface area contributed by atoms with Crippen molar-refractivity contribution in [3.63, 3.8) is 0 Å². The summed E-state index contributed by atoms with van der Waals surface area (Å²) in [6.07, 6.45) is 1.66. The molecule has 0 unspecified atom stereocenters. The van der Waals surface area contributed by atoms with Crippen LogP contribution in [-0.4, -0.2) is 42.7 Å². The van der Waals surface area contributed by atoms with Crippen molar-refractivity contribution in [3.05, 3.63) is 61.5 Å². The van der Waals surface area contributed by atoms with Crippen molar-refractivity contribution in [1.29, 1.82) is 0 Å². The number of methoxy groups -OCH3 is 2. The largest absolute Gasteiger partial charge is 0.464 e. The summed E-state index contributed by atoms with van der Waals surface area (Å²) in [5, 5.41) is 3.58. The number of esters is 2. The SMILES string of the molecule is C=CCNc1cc(Cl)nc(C(=O)OC)c1Cl.COC(=O)c1nc(Cl)cc(Cl)c1Cl. The van der Waals surface area contributed by atoms with Gasteiger partial charge in [0, 0.05) is 12.6 Å². The predicted octanol–water partition coefficient (Wildman–Crippen LogP) is 5.60. The van der Waals surface area contributed by atoms with E-state index in [0.29, 0.717) is 12.2 Å². The lowest BCUT2D eigenvalue weighted by atomic mass is 10.3. The van der Waals surface area contributed by atoms with Crippen molar-refractivity contribution in [1.82, 2.24) is 9.97 Å². The minimum atomic E-state index is -0.672. The van der Waals surface area contributed by atoms with Crippen LogP contribution in [0.1, 0.15) is 21.0 Å². The van der Waals surface area contributed by atoms with Crippen LogP contribution in [0.3, 0.4) is 0 Å². The van der Waals surface area contributed by atoms with E-state index >= 15 is 0 Å². The Balaban J connectivity index is 0.000000296. The van der Waals surface area contributed by atoms with Crippen LogP contribution in [0.4, 0.5) is 5.69 Å². The fourth-order valence-electron chi connectivity index (χ4n) is 1.74. The number of hydrogen-bond acceptors (Lipinski definition) is 7. The molecule has 0 fully saturated rings. The second-order valence-corrected chi connectivity index (χ2v) is 6.83. The second-order valence-electron chi connectivity index (χ2n) is 4.90. The molecule has 0 aromatic carbocycles. The molecule has 1 N–H and O–H groups in total. The second kappa shape index (κ2) is 12.0. The van der Waals surface area contributed by atoms with E-state index in [1.165, 1.54) is 26.4 Å². The summed E-state index contributed by atoms with van der Waals surface area (Å²) in [5.74, 6) is -1.30. The van der Waals surface area contributed by atoms with E-state index in [9.17, 15) is 9.59 Å². The number of carbonyl (C=O) groups excluding carboxylic acids is 2. The fourth-order valence-corrected chi connectivity index (χ4v) is 2.79. The molecule has 0 saturated heterocycles. The number of nitrogens with one attached hydrogen (secondary N) is 1. The molecular weight excluding hydrogens is 487 g/mol. The maximum atomic E-state index is 11.3. The third kappa shape index (κ3) is 7.21. The zero-order valence-corrected chi connectivity index (χ0v) is 18.8. The first-order valence-corrected chi connectivity index (χ1v) is 9.44. The Labute approximate surface area is 191 Å². The van der Waals surface area contributed by atoms with Gasteiger partial charge in [-0.2, -0.15) is 0 Å². The number of pyridine rings is 2. The first-order valence-electron chi connectivity index (χ1n) is 7.55. The van der Waals surface area contributed by atoms with Crippen molar-refractivity contribution in [2.24, 2.45) is 0 Å². The zero-order valence-electron chi connectivity index (χ0n) is 15.1. The molecular formula is C17H14Cl5N3O4. The molecule has 2 aromatic heterocycles. The van der Waals surface area contributed by atoms with E-state index < -0.39 is 11.9 Å². The van der Waals surface area contributed by atoms with E-state index in [0.717, 1.165) is 0 Å². The standard InChI is InChI=1S/C10H10Cl2N2O2.C7H4Cl3NO2/c1-3-4-13-6-5-7(11)14-9(8(6)12)10(15)16-2;1-13-7(12)6-5(10)3(8)2-4(9)11-6/h3,5H,1,4H2,2H3,(H,13,14);2H,1H3. The molecule has 12 heteroatoms. The van der Waals surface area contributed by atoms with Gasteiger partial charge in [-0.3, -0.25) is 0 Å². The minimum absolute atomic E-state index is 0.0109. The fraction of sp³-hybridized carbons (Fsp3) is 0.176. The maximum Gasteiger partial charge on any atom is 0.358 e. The molecule has 0 spiro atoms. The molecule has 2 aromatic rings. The van der Waals surface area contributed by atoms with E-state index in [1.54, 1.807) is 6.08 Å². The van der Waals surface area contributed by atoms with Crippen molar-refractivity contribution < 1.29 is 19.1 Å². The zero-order chi connectivity index (χ0) is 22.1. The van der Waals surface area contributed by atoms with Gasteiger partial charge in [-0.25, -0.2) is 19.6 Å². The highest BCUT2D eigenvalue weighted by Crippen LogP contribution is 2.28. The summed E-state index contributed by atoms with van der Waals surface area (Å²) in [6.45, 7) is 4.06. The molecule has 0 aliphatic rings. The van der Waals surface area contributed by atoms with Gasteiger partial charge in [0.1, 0.15) is 10.3 Å². The molecule has 7 nitrogen and oxygen atoms in total. The first kappa shape index (κ1) is 25.3. The summed E-state index contributed by atoms with van der Waals surface area (Å²) in [4.78, 5) is 29.9. The van der Waals surface area contributed by atoms with Crippen LogP contribution in [-0.2, 0) is 9.47 Å². The molecule has 0 bridgehead atoms. The Kier molecular flexibility index (Phi) is 10.5. The molecule has 29 heavy (non-hydrogen) atoms. The number of hydrogen-bond donors (Lipinski definition) is 1. The summed E-state index contributed by atoms with van der Waals surface area (Å²) in [7, 11) is 2.47. The summed E-state index contributed by atoms with van der Waals surface area (Å²) >= 11 is 28.6. The van der Waals surface area contributed by atoms with E-state index in [1.807, 2.05) is 0 Å². The number of anilines is 1. The number of halogens is 5. The lowest BCUT2D eigenvalue weighted by Crippen LogP contribution is -2.08. The van der Waals surface area contributed by atoms with Gasteiger partial charge < -0.3 is 14.8 Å². The molecule has 0 saturated carbocycles. The third-order valence-electron chi connectivity index (χ3n) is 3.00. The smallest absolute Gasteiger partial charge is 0.358 e. The Bertz CT molecular complexity index is 924. The Hall–Kier alpha value is -1.77. The monoisotopic (exact) mass is 499 g/mol. The Morgan fingerprint density at radius 1 is 0.966 bits per heavy atom. The van der Waals surface area contributed by atoms with Gasteiger partial charge in [-0.15, -0.1) is 6.58 Å². The topological polar surface area (TPSA) is 90.4 Å². The lowest BCUT2D eigenvalue weighted by Gasteiger charge is -2.09. The molecule has 0 amide bonds. The minimum Gasteiger partial charge on any atom is -0.464 e. The predicted molar refractivity (Wildman–Crippen MR) is 115 cm³/mol. The molecule has 0 atom stereocenters. The Morgan fingerprint density at radius 3 is 1.93 bits per heavy atom. The normalized spacial score (nSPS) is 9.76. The quantitative estimate of drug-likeness (QED) is 0.324. The van der Waals surface area contributed by atoms with Crippen LogP contribution >= 0.6 is 58.0 Å². The average molecular weight is 502 g/mol. The van der Waals surface area contributed by atoms with Crippen LogP contribution in [0.25, 0.3) is 0 Å². The average Bonchev–Trinajstić information content (AvgIpc) is 2.70. The Morgan fingerprint density at radius 2 is 1.45 bits per heavy atom. The van der Waals surface area contributed by atoms with Gasteiger partial charge in [0.2, 0.25) is 0 Å². The number of ether oxygens (including phenoxy) is 2. The van der Waals surface area contributed by atoms with Crippen LogP contribution in [0.15, 0.2) is 24.8 Å². The third-order valence-corrected chi connectivity index (χ3v) is 4.55. The van der Waals surface area contributed by atoms with Gasteiger partial charge in [-0.1, -0.05) is 64.1 Å². The van der Waals surface area contributed by atoms with Crippen molar-refractivity contribution >= 4 is 75.6 Å². The number of nitrogens with zero attached hydrogens (tertiary/aromatic N) is 2. The van der Waals surface area contributed by atoms with Crippen LogP contribution in [0, 0.1) is 0 Å². The van der Waals surface area contributed by atoms with Gasteiger partial charge >= 0.3 is 11.9 Å². The molecule has 2 rings (SSSR count). The lowest BCUT2D eigenvalue weighted by molar-refractivity contribution is 0.0585. The van der Waals surface area contributed by atoms with Crippen LogP contribution in [0.5, 0.6) is 0 Å². The van der Waals surface area contributed by atoms with Gasteiger partial charge in [0.25, 0.3) is 0 Å². The van der Waals surface area contributed by atoms with Crippen molar-refractivity contribution in [2.45, 2.75) is 0 Å². The van der Waals surface area contributed by atoms with Gasteiger partial charge in [-0.05, 0) is 6.07 Å². The number of carbonyl (C=O) groups is 2. The molecule has 2 heterocycles. The molecule has 156 valence electrons. The molecule has 0 aliphatic heterocycles. The molecule has 0 aliphatic carbocycles. The first-order chi connectivity index (χ1) is 13.7. The van der Waals surface area contributed by atoms with Crippen LogP contribution in [0.2, 0.25) is 25.4 Å². The van der Waals surface area contributed by atoms with Gasteiger partial charge in [0.05, 0.1) is 35.0 Å². The van der Waals surface area contributed by atoms with Crippen LogP contribution < -0.4 is 5.32 Å². The maximum absolute atomic E-state index is 11.3. The van der Waals surface area contributed by atoms with Gasteiger partial charge in [0.15, 0.2) is 11.4 Å². The van der Waals surface area contributed by atoms with E-state index in [2.05, 4.69) is 31.3 Å².